The predicted octanol–water partition coefficient (Wildman–Crippen LogP) is 2.08. The number of hydrogen-bond acceptors (Lipinski definition) is 5. The number of nitrogens with zero attached hydrogens (tertiary/aromatic N) is 5. The van der Waals surface area contributed by atoms with Crippen molar-refractivity contribution < 1.29 is 14.0 Å². The average molecular weight is 398 g/mol. The van der Waals surface area contributed by atoms with Crippen LogP contribution in [0, 0.1) is 12.7 Å². The first-order valence-corrected chi connectivity index (χ1v) is 9.29. The lowest BCUT2D eigenvalue weighted by molar-refractivity contribution is -0.128. The highest BCUT2D eigenvalue weighted by atomic mass is 19.1. The molecule has 2 aliphatic heterocycles. The van der Waals surface area contributed by atoms with Crippen LogP contribution in [0.2, 0.25) is 0 Å². The van der Waals surface area contributed by atoms with Crippen molar-refractivity contribution in [2.45, 2.75) is 45.3 Å². The van der Waals surface area contributed by atoms with Crippen LogP contribution in [-0.4, -0.2) is 39.5 Å². The Hall–Kier alpha value is -3.23. The summed E-state index contributed by atoms with van der Waals surface area (Å²) < 4.78 is 16.5. The molecule has 1 aromatic carbocycles. The Morgan fingerprint density at radius 2 is 1.86 bits per heavy atom. The zero-order valence-corrected chi connectivity index (χ0v) is 17.0. The fourth-order valence-corrected chi connectivity index (χ4v) is 4.09. The van der Waals surface area contributed by atoms with Crippen molar-refractivity contribution >= 4 is 23.5 Å². The monoisotopic (exact) mass is 398 g/mol. The Morgan fingerprint density at radius 1 is 1.17 bits per heavy atom. The average Bonchev–Trinajstić information content (AvgIpc) is 3.10. The molecule has 0 radical (unpaired) electrons. The van der Waals surface area contributed by atoms with E-state index in [0.717, 1.165) is 5.69 Å². The van der Waals surface area contributed by atoms with Gasteiger partial charge in [0, 0.05) is 18.3 Å². The van der Waals surface area contributed by atoms with E-state index in [1.54, 1.807) is 34.7 Å². The van der Waals surface area contributed by atoms with Gasteiger partial charge >= 0.3 is 0 Å². The molecular weight excluding hydrogens is 375 g/mol. The number of hydrogen-bond donors (Lipinski definition) is 1. The van der Waals surface area contributed by atoms with Gasteiger partial charge in [-0.1, -0.05) is 0 Å². The van der Waals surface area contributed by atoms with Crippen molar-refractivity contribution in [2.24, 2.45) is 10.7 Å². The molecule has 4 rings (SSSR count). The molecule has 1 atom stereocenters. The number of aliphatic imine (C=N–C) groups is 1. The minimum Gasteiger partial charge on any atom is -0.369 e. The lowest BCUT2D eigenvalue weighted by Gasteiger charge is -2.36. The molecule has 0 fully saturated rings. The molecule has 0 aliphatic carbocycles. The van der Waals surface area contributed by atoms with Crippen LogP contribution in [0.1, 0.15) is 48.9 Å². The van der Waals surface area contributed by atoms with Gasteiger partial charge in [-0.05, 0) is 52.0 Å². The second-order valence-corrected chi connectivity index (χ2v) is 8.26. The minimum atomic E-state index is -1.16. The van der Waals surface area contributed by atoms with Gasteiger partial charge in [-0.2, -0.15) is 5.10 Å². The topological polar surface area (TPSA) is 96.8 Å². The molecular formula is C20H23FN6O2. The van der Waals surface area contributed by atoms with Gasteiger partial charge in [0.2, 0.25) is 5.91 Å². The summed E-state index contributed by atoms with van der Waals surface area (Å²) in [4.78, 5) is 32.6. The highest BCUT2D eigenvalue weighted by Gasteiger charge is 2.46. The normalized spacial score (nSPS) is 23.4. The largest absolute Gasteiger partial charge is 0.369 e. The van der Waals surface area contributed by atoms with Crippen LogP contribution in [0.5, 0.6) is 0 Å². The van der Waals surface area contributed by atoms with Gasteiger partial charge in [0.1, 0.15) is 17.2 Å². The summed E-state index contributed by atoms with van der Waals surface area (Å²) in [6.45, 7) is 7.23. The number of nitrogens with two attached hydrogens (primary N) is 1. The highest BCUT2D eigenvalue weighted by molar-refractivity contribution is 6.08. The van der Waals surface area contributed by atoms with E-state index < -0.39 is 17.0 Å². The van der Waals surface area contributed by atoms with E-state index in [1.807, 2.05) is 20.8 Å². The summed E-state index contributed by atoms with van der Waals surface area (Å²) in [5.74, 6) is -0.955. The molecule has 3 heterocycles. The Kier molecular flexibility index (Phi) is 3.88. The number of anilines is 1. The van der Waals surface area contributed by atoms with Crippen LogP contribution < -0.4 is 10.6 Å². The summed E-state index contributed by atoms with van der Waals surface area (Å²) >= 11 is 0. The maximum Gasteiger partial charge on any atom is 0.278 e. The van der Waals surface area contributed by atoms with E-state index in [0.29, 0.717) is 11.4 Å². The molecule has 152 valence electrons. The quantitative estimate of drug-likeness (QED) is 0.838. The molecule has 0 saturated heterocycles. The molecule has 29 heavy (non-hydrogen) atoms. The fourth-order valence-electron chi connectivity index (χ4n) is 4.09. The van der Waals surface area contributed by atoms with Crippen molar-refractivity contribution in [3.05, 3.63) is 47.0 Å². The van der Waals surface area contributed by atoms with Gasteiger partial charge < -0.3 is 5.73 Å². The molecule has 1 aromatic heterocycles. The zero-order chi connectivity index (χ0) is 21.3. The molecule has 8 nitrogen and oxygen atoms in total. The number of carbonyl (C=O) groups is 2. The van der Waals surface area contributed by atoms with Crippen LogP contribution in [0.4, 0.5) is 10.1 Å². The summed E-state index contributed by atoms with van der Waals surface area (Å²) in [5.41, 5.74) is 5.87. The predicted molar refractivity (Wildman–Crippen MR) is 106 cm³/mol. The zero-order valence-electron chi connectivity index (χ0n) is 17.0. The van der Waals surface area contributed by atoms with Gasteiger partial charge in [0.15, 0.2) is 5.96 Å². The molecule has 0 saturated carbocycles. The van der Waals surface area contributed by atoms with Gasteiger partial charge in [-0.25, -0.2) is 14.1 Å². The standard InChI is InChI=1S/C20H23FN6O2/c1-11-8-15-17(29)26(19(2,3)27(15)24-11)12-6-7-14(21)13(9-12)20(4)10-16(28)25(5)18(22)23-20/h6-9H,10H2,1-5H3,(H2,22,23). The molecule has 0 spiro atoms. The molecule has 2 aliphatic rings. The van der Waals surface area contributed by atoms with E-state index in [4.69, 9.17) is 5.73 Å². The number of fused-ring (bicyclic) bond motifs is 1. The van der Waals surface area contributed by atoms with E-state index in [2.05, 4.69) is 10.1 Å². The molecule has 1 unspecified atom stereocenters. The number of carbonyl (C=O) groups excluding carboxylic acids is 2. The van der Waals surface area contributed by atoms with E-state index in [1.165, 1.54) is 18.0 Å². The highest BCUT2D eigenvalue weighted by Crippen LogP contribution is 2.40. The SMILES string of the molecule is Cc1cc2n(n1)C(C)(C)N(c1ccc(F)c(C3(C)CC(=O)N(C)C(N)=N3)c1)C2=O. The Bertz CT molecular complexity index is 1090. The maximum absolute atomic E-state index is 14.8. The first-order valence-electron chi connectivity index (χ1n) is 9.29. The van der Waals surface area contributed by atoms with E-state index in [9.17, 15) is 14.0 Å². The van der Waals surface area contributed by atoms with Crippen LogP contribution in [0.25, 0.3) is 0 Å². The van der Waals surface area contributed by atoms with Crippen LogP contribution in [0.15, 0.2) is 29.3 Å². The van der Waals surface area contributed by atoms with Gasteiger partial charge in [0.05, 0.1) is 17.7 Å². The molecule has 9 heteroatoms. The summed E-state index contributed by atoms with van der Waals surface area (Å²) in [6.07, 6.45) is -0.0251. The van der Waals surface area contributed by atoms with Gasteiger partial charge in [-0.3, -0.25) is 19.4 Å². The maximum atomic E-state index is 14.8. The molecule has 2 aromatic rings. The summed E-state index contributed by atoms with van der Waals surface area (Å²) in [6, 6.07) is 6.14. The van der Waals surface area contributed by atoms with Crippen LogP contribution >= 0.6 is 0 Å². The second kappa shape index (κ2) is 5.88. The minimum absolute atomic E-state index is 0.0251. The Morgan fingerprint density at radius 3 is 2.48 bits per heavy atom. The van der Waals surface area contributed by atoms with Crippen molar-refractivity contribution in [1.29, 1.82) is 0 Å². The van der Waals surface area contributed by atoms with Crippen LogP contribution in [0.3, 0.4) is 0 Å². The van der Waals surface area contributed by atoms with Crippen molar-refractivity contribution in [3.63, 3.8) is 0 Å². The third-order valence-corrected chi connectivity index (χ3v) is 5.68. The third-order valence-electron chi connectivity index (χ3n) is 5.68. The number of guanidine groups is 1. The van der Waals surface area contributed by atoms with Crippen molar-refractivity contribution in [3.8, 4) is 0 Å². The molecule has 2 amide bonds. The Labute approximate surface area is 167 Å². The molecule has 2 N–H and O–H groups in total. The van der Waals surface area contributed by atoms with E-state index in [-0.39, 0.29) is 29.8 Å². The summed E-state index contributed by atoms with van der Waals surface area (Å²) in [7, 11) is 1.53. The summed E-state index contributed by atoms with van der Waals surface area (Å²) in [5, 5.41) is 4.43. The third kappa shape index (κ3) is 2.64. The number of amides is 2. The molecule has 0 bridgehead atoms. The van der Waals surface area contributed by atoms with Crippen LogP contribution in [-0.2, 0) is 16.0 Å². The number of benzene rings is 1. The second-order valence-electron chi connectivity index (χ2n) is 8.26. The van der Waals surface area contributed by atoms with Crippen molar-refractivity contribution in [2.75, 3.05) is 11.9 Å². The number of halogens is 1. The first kappa shape index (κ1) is 19.1. The lowest BCUT2D eigenvalue weighted by atomic mass is 9.86. The van der Waals surface area contributed by atoms with Gasteiger partial charge in [0.25, 0.3) is 5.91 Å². The smallest absolute Gasteiger partial charge is 0.278 e. The fraction of sp³-hybridized carbons (Fsp3) is 0.400. The van der Waals surface area contributed by atoms with Gasteiger partial charge in [-0.15, -0.1) is 0 Å². The Balaban J connectivity index is 1.82. The van der Waals surface area contributed by atoms with Crippen molar-refractivity contribution in [1.82, 2.24) is 14.7 Å². The number of rotatable bonds is 2. The number of aryl methyl sites for hydroxylation is 1. The lowest BCUT2D eigenvalue weighted by Crippen LogP contribution is -2.48. The number of aromatic nitrogens is 2. The van der Waals surface area contributed by atoms with E-state index >= 15 is 0 Å². The first-order chi connectivity index (χ1) is 13.5.